The summed E-state index contributed by atoms with van der Waals surface area (Å²) in [6.07, 6.45) is 7.39. The second-order valence-electron chi connectivity index (χ2n) is 12.0. The molecule has 0 aliphatic carbocycles. The number of amides is 1. The van der Waals surface area contributed by atoms with Crippen LogP contribution in [0.1, 0.15) is 62.1 Å². The Balaban J connectivity index is 1.09. The molecule has 0 saturated carbocycles. The summed E-state index contributed by atoms with van der Waals surface area (Å²) in [5, 5.41) is 23.7. The summed E-state index contributed by atoms with van der Waals surface area (Å²) in [4.78, 5) is 38.9. The Bertz CT molecular complexity index is 1450. The quantitative estimate of drug-likeness (QED) is 0.398. The summed E-state index contributed by atoms with van der Waals surface area (Å²) in [6, 6.07) is 6.81. The third-order valence-electron chi connectivity index (χ3n) is 9.33. The molecule has 3 aromatic rings. The van der Waals surface area contributed by atoms with E-state index in [4.69, 9.17) is 15.0 Å². The van der Waals surface area contributed by atoms with Crippen molar-refractivity contribution in [3.05, 3.63) is 41.3 Å². The molecule has 11 nitrogen and oxygen atoms in total. The predicted molar refractivity (Wildman–Crippen MR) is 155 cm³/mol. The monoisotopic (exact) mass is 558 g/mol. The maximum Gasteiger partial charge on any atom is 0.229 e. The van der Waals surface area contributed by atoms with Gasteiger partial charge in [0, 0.05) is 62.0 Å². The molecule has 4 aliphatic heterocycles. The van der Waals surface area contributed by atoms with Crippen LogP contribution in [0, 0.1) is 5.92 Å². The summed E-state index contributed by atoms with van der Waals surface area (Å²) in [5.74, 6) is 2.20. The van der Waals surface area contributed by atoms with Crippen LogP contribution < -0.4 is 10.2 Å². The number of β-amino-alcohol motifs (C(OH)–C–C–N with tert-alkyl or cyclic N) is 1. The number of aliphatic hydroxyl groups excluding tert-OH is 2. The molecule has 41 heavy (non-hydrogen) atoms. The smallest absolute Gasteiger partial charge is 0.229 e. The molecule has 2 bridgehead atoms. The van der Waals surface area contributed by atoms with Crippen molar-refractivity contribution in [2.45, 2.75) is 70.2 Å². The second kappa shape index (κ2) is 10.8. The molecule has 7 rings (SSSR count). The second-order valence-corrected chi connectivity index (χ2v) is 12.0. The fraction of sp³-hybridized carbons (Fsp3) is 0.567. The number of pyridine rings is 2. The number of anilines is 3. The van der Waals surface area contributed by atoms with Gasteiger partial charge >= 0.3 is 0 Å². The van der Waals surface area contributed by atoms with Crippen LogP contribution in [0.25, 0.3) is 10.9 Å². The summed E-state index contributed by atoms with van der Waals surface area (Å²) in [7, 11) is 0. The van der Waals surface area contributed by atoms with Crippen LogP contribution >= 0.6 is 0 Å². The van der Waals surface area contributed by atoms with Crippen molar-refractivity contribution >= 4 is 34.4 Å². The first-order valence-electron chi connectivity index (χ1n) is 15.0. The normalized spacial score (nSPS) is 24.7. The Kier molecular flexibility index (Phi) is 6.96. The van der Waals surface area contributed by atoms with Crippen molar-refractivity contribution in [1.82, 2.24) is 29.7 Å². The van der Waals surface area contributed by atoms with Gasteiger partial charge in [0.25, 0.3) is 0 Å². The van der Waals surface area contributed by atoms with Crippen molar-refractivity contribution in [3.63, 3.8) is 0 Å². The zero-order chi connectivity index (χ0) is 28.1. The molecular weight excluding hydrogens is 520 g/mol. The first kappa shape index (κ1) is 26.5. The highest BCUT2D eigenvalue weighted by Crippen LogP contribution is 2.42. The lowest BCUT2D eigenvalue weighted by Crippen LogP contribution is -2.41. The maximum atomic E-state index is 13.2. The molecule has 1 amide bonds. The number of carbonyl (C=O) groups excluding carboxylic acids is 1. The van der Waals surface area contributed by atoms with E-state index in [1.165, 1.54) is 25.7 Å². The van der Waals surface area contributed by atoms with E-state index in [9.17, 15) is 15.0 Å². The molecule has 11 heteroatoms. The Labute approximate surface area is 239 Å². The molecule has 2 atom stereocenters. The van der Waals surface area contributed by atoms with Crippen LogP contribution in [-0.2, 0) is 17.8 Å². The topological polar surface area (TPSA) is 131 Å². The highest BCUT2D eigenvalue weighted by atomic mass is 16.3. The van der Waals surface area contributed by atoms with Crippen molar-refractivity contribution in [1.29, 1.82) is 0 Å². The summed E-state index contributed by atoms with van der Waals surface area (Å²) >= 11 is 0. The Morgan fingerprint density at radius 3 is 2.66 bits per heavy atom. The standard InChI is InChI=1S/C30H38N8O3/c1-18(40)25-14-21-15-31-30(35-27(21)28(33-25)38-22-3-4-23(38)6-5-22)34-26-7-2-19-17-37(11-9-24(19)32-26)29(41)20-8-10-36(16-20)12-13-39/h2,7,14-15,18,20,22-23,39-40H,3-6,8-13,16-17H2,1H3,(H,31,32,34,35)/t18?,20-,22?,23?/m0/s1. The Morgan fingerprint density at radius 1 is 1.10 bits per heavy atom. The minimum atomic E-state index is -0.666. The summed E-state index contributed by atoms with van der Waals surface area (Å²) in [6.45, 7) is 5.33. The lowest BCUT2D eigenvalue weighted by atomic mass is 10.0. The van der Waals surface area contributed by atoms with E-state index >= 15 is 0 Å². The van der Waals surface area contributed by atoms with E-state index in [-0.39, 0.29) is 18.4 Å². The lowest BCUT2D eigenvalue weighted by molar-refractivity contribution is -0.136. The van der Waals surface area contributed by atoms with E-state index in [0.29, 0.717) is 55.6 Å². The van der Waals surface area contributed by atoms with Crippen LogP contribution in [0.5, 0.6) is 0 Å². The van der Waals surface area contributed by atoms with E-state index in [0.717, 1.165) is 47.5 Å². The third-order valence-corrected chi connectivity index (χ3v) is 9.33. The summed E-state index contributed by atoms with van der Waals surface area (Å²) in [5.41, 5.74) is 3.50. The van der Waals surface area contributed by atoms with Crippen LogP contribution in [0.4, 0.5) is 17.6 Å². The van der Waals surface area contributed by atoms with Crippen molar-refractivity contribution in [2.75, 3.05) is 43.0 Å². The number of fused-ring (bicyclic) bond motifs is 4. The Hall–Kier alpha value is -3.41. The third kappa shape index (κ3) is 5.00. The Morgan fingerprint density at radius 2 is 1.90 bits per heavy atom. The van der Waals surface area contributed by atoms with Crippen molar-refractivity contribution < 1.29 is 15.0 Å². The molecule has 3 aromatic heterocycles. The fourth-order valence-corrected chi connectivity index (χ4v) is 7.18. The molecule has 0 radical (unpaired) electrons. The maximum absolute atomic E-state index is 13.2. The first-order chi connectivity index (χ1) is 20.0. The number of likely N-dealkylation sites (tertiary alicyclic amines) is 1. The van der Waals surface area contributed by atoms with Crippen LogP contribution in [0.2, 0.25) is 0 Å². The molecule has 216 valence electrons. The summed E-state index contributed by atoms with van der Waals surface area (Å²) < 4.78 is 0. The number of aromatic nitrogens is 4. The van der Waals surface area contributed by atoms with Gasteiger partial charge < -0.3 is 30.2 Å². The van der Waals surface area contributed by atoms with E-state index in [1.807, 2.05) is 23.1 Å². The van der Waals surface area contributed by atoms with E-state index in [1.54, 1.807) is 13.1 Å². The van der Waals surface area contributed by atoms with Gasteiger partial charge in [-0.2, -0.15) is 0 Å². The van der Waals surface area contributed by atoms with Gasteiger partial charge in [-0.05, 0) is 63.3 Å². The average Bonchev–Trinajstić information content (AvgIpc) is 3.73. The van der Waals surface area contributed by atoms with Gasteiger partial charge in [-0.3, -0.25) is 4.79 Å². The fourth-order valence-electron chi connectivity index (χ4n) is 7.18. The van der Waals surface area contributed by atoms with Crippen LogP contribution in [0.3, 0.4) is 0 Å². The highest BCUT2D eigenvalue weighted by molar-refractivity contribution is 5.90. The highest BCUT2D eigenvalue weighted by Gasteiger charge is 2.41. The minimum absolute atomic E-state index is 0.00820. The number of nitrogens with one attached hydrogen (secondary N) is 1. The van der Waals surface area contributed by atoms with Gasteiger partial charge in [-0.25, -0.2) is 19.9 Å². The molecule has 0 aromatic carbocycles. The number of nitrogens with zero attached hydrogens (tertiary/aromatic N) is 7. The minimum Gasteiger partial charge on any atom is -0.395 e. The largest absolute Gasteiger partial charge is 0.395 e. The molecule has 3 saturated heterocycles. The zero-order valence-electron chi connectivity index (χ0n) is 23.5. The first-order valence-corrected chi connectivity index (χ1v) is 15.0. The van der Waals surface area contributed by atoms with E-state index in [2.05, 4.69) is 20.1 Å². The number of aliphatic hydroxyl groups is 2. The number of hydrogen-bond acceptors (Lipinski definition) is 10. The average molecular weight is 559 g/mol. The van der Waals surface area contributed by atoms with E-state index < -0.39 is 6.10 Å². The van der Waals surface area contributed by atoms with Crippen LogP contribution in [-0.4, -0.2) is 90.7 Å². The van der Waals surface area contributed by atoms with Gasteiger partial charge in [-0.1, -0.05) is 6.07 Å². The number of rotatable bonds is 7. The van der Waals surface area contributed by atoms with Crippen molar-refractivity contribution in [2.24, 2.45) is 5.92 Å². The van der Waals surface area contributed by atoms with Crippen molar-refractivity contribution in [3.8, 4) is 0 Å². The van der Waals surface area contributed by atoms with Crippen LogP contribution in [0.15, 0.2) is 24.4 Å². The molecule has 1 unspecified atom stereocenters. The van der Waals surface area contributed by atoms with Gasteiger partial charge in [0.05, 0.1) is 24.3 Å². The molecule has 3 N–H and O–H groups in total. The molecule has 3 fully saturated rings. The SMILES string of the molecule is CC(O)c1cc2cnc(Nc3ccc4c(n3)CCN(C(=O)[C@H]3CCN(CCO)C3)C4)nc2c(N2C3CCC2CC3)n1. The lowest BCUT2D eigenvalue weighted by Gasteiger charge is -2.30. The van der Waals surface area contributed by atoms with Gasteiger partial charge in [0.1, 0.15) is 11.3 Å². The van der Waals surface area contributed by atoms with Gasteiger partial charge in [0.15, 0.2) is 5.82 Å². The molecular formula is C30H38N8O3. The number of carbonyl (C=O) groups is 1. The molecule has 7 heterocycles. The van der Waals surface area contributed by atoms with Gasteiger partial charge in [-0.15, -0.1) is 0 Å². The molecule has 0 spiro atoms. The zero-order valence-corrected chi connectivity index (χ0v) is 23.5. The molecule has 4 aliphatic rings. The predicted octanol–water partition coefficient (Wildman–Crippen LogP) is 2.55. The number of hydrogen-bond donors (Lipinski definition) is 3. The van der Waals surface area contributed by atoms with Gasteiger partial charge in [0.2, 0.25) is 11.9 Å².